The smallest absolute Gasteiger partial charge is 0.222 e. The van der Waals surface area contributed by atoms with Crippen molar-refractivity contribution in [3.05, 3.63) is 35.7 Å². The fraction of sp³-hybridized carbons (Fsp3) is 0.222. The molecule has 0 aliphatic heterocycles. The Morgan fingerprint density at radius 2 is 2.15 bits per heavy atom. The number of nitrogens with zero attached hydrogens (tertiary/aromatic N) is 1. The highest BCUT2D eigenvalue weighted by atomic mass is 19.1. The first-order chi connectivity index (χ1) is 6.24. The summed E-state index contributed by atoms with van der Waals surface area (Å²) < 4.78 is 25.2. The van der Waals surface area contributed by atoms with Crippen LogP contribution in [-0.4, -0.2) is 11.5 Å². The number of hydrogen-bond donors (Lipinski definition) is 1. The molecule has 4 heteroatoms. The molecule has 0 saturated heterocycles. The Kier molecular flexibility index (Phi) is 3.52. The molecule has 0 unspecified atom stereocenters. The van der Waals surface area contributed by atoms with Crippen molar-refractivity contribution in [1.29, 1.82) is 0 Å². The molecule has 0 saturated carbocycles. The lowest BCUT2D eigenvalue weighted by Gasteiger charge is -1.94. The quantitative estimate of drug-likeness (QED) is 0.726. The van der Waals surface area contributed by atoms with E-state index in [2.05, 4.69) is 4.98 Å². The third kappa shape index (κ3) is 2.91. The zero-order chi connectivity index (χ0) is 9.68. The minimum atomic E-state index is -0.812. The van der Waals surface area contributed by atoms with E-state index in [9.17, 15) is 8.78 Å². The molecule has 0 bridgehead atoms. The van der Waals surface area contributed by atoms with Crippen molar-refractivity contribution < 1.29 is 8.78 Å². The molecular weight excluding hydrogens is 174 g/mol. The Bertz CT molecular complexity index is 310. The maximum absolute atomic E-state index is 12.8. The molecule has 0 fully saturated rings. The predicted molar refractivity (Wildman–Crippen MR) is 46.9 cm³/mol. The molecule has 0 aliphatic carbocycles. The topological polar surface area (TPSA) is 38.9 Å². The van der Waals surface area contributed by atoms with Gasteiger partial charge in [0, 0.05) is 5.56 Å². The molecule has 0 atom stereocenters. The third-order valence-corrected chi connectivity index (χ3v) is 1.47. The second-order valence-corrected chi connectivity index (χ2v) is 2.49. The molecule has 1 aromatic heterocycles. The van der Waals surface area contributed by atoms with Crippen LogP contribution >= 0.6 is 0 Å². The first-order valence-electron chi connectivity index (χ1n) is 3.92. The highest BCUT2D eigenvalue weighted by Crippen LogP contribution is 2.07. The second-order valence-electron chi connectivity index (χ2n) is 2.49. The first kappa shape index (κ1) is 9.80. The third-order valence-electron chi connectivity index (χ3n) is 1.47. The molecule has 0 amide bonds. The van der Waals surface area contributed by atoms with E-state index in [4.69, 9.17) is 5.73 Å². The number of hydrogen-bond acceptors (Lipinski definition) is 2. The van der Waals surface area contributed by atoms with Crippen LogP contribution in [0.2, 0.25) is 0 Å². The SMILES string of the molecule is NCCC=Cc1ccc(F)nc1F. The summed E-state index contributed by atoms with van der Waals surface area (Å²) in [4.78, 5) is 3.04. The van der Waals surface area contributed by atoms with Crippen molar-refractivity contribution in [3.8, 4) is 0 Å². The Morgan fingerprint density at radius 1 is 1.38 bits per heavy atom. The van der Waals surface area contributed by atoms with Crippen molar-refractivity contribution in [2.75, 3.05) is 6.54 Å². The number of aromatic nitrogens is 1. The lowest BCUT2D eigenvalue weighted by atomic mass is 10.2. The van der Waals surface area contributed by atoms with E-state index in [1.807, 2.05) is 0 Å². The van der Waals surface area contributed by atoms with Crippen LogP contribution < -0.4 is 5.73 Å². The van der Waals surface area contributed by atoms with Crippen molar-refractivity contribution >= 4 is 6.08 Å². The van der Waals surface area contributed by atoms with Gasteiger partial charge in [0.05, 0.1) is 0 Å². The van der Waals surface area contributed by atoms with Gasteiger partial charge in [0.1, 0.15) is 0 Å². The number of nitrogens with two attached hydrogens (primary N) is 1. The van der Waals surface area contributed by atoms with Gasteiger partial charge in [-0.25, -0.2) is 0 Å². The van der Waals surface area contributed by atoms with Gasteiger partial charge in [-0.1, -0.05) is 12.2 Å². The Balaban J connectivity index is 2.77. The minimum Gasteiger partial charge on any atom is -0.330 e. The summed E-state index contributed by atoms with van der Waals surface area (Å²) in [7, 11) is 0. The molecule has 1 rings (SSSR count). The number of rotatable bonds is 3. The summed E-state index contributed by atoms with van der Waals surface area (Å²) in [5.74, 6) is -1.61. The van der Waals surface area contributed by atoms with Crippen molar-refractivity contribution in [2.24, 2.45) is 5.73 Å². The van der Waals surface area contributed by atoms with Gasteiger partial charge in [0.25, 0.3) is 0 Å². The van der Waals surface area contributed by atoms with E-state index >= 15 is 0 Å². The summed E-state index contributed by atoms with van der Waals surface area (Å²) in [6.45, 7) is 0.507. The average molecular weight is 184 g/mol. The predicted octanol–water partition coefficient (Wildman–Crippen LogP) is 1.72. The van der Waals surface area contributed by atoms with E-state index in [-0.39, 0.29) is 5.56 Å². The zero-order valence-corrected chi connectivity index (χ0v) is 7.00. The molecule has 2 N–H and O–H groups in total. The molecule has 13 heavy (non-hydrogen) atoms. The van der Waals surface area contributed by atoms with Crippen LogP contribution in [0.5, 0.6) is 0 Å². The van der Waals surface area contributed by atoms with E-state index in [1.165, 1.54) is 12.1 Å². The minimum absolute atomic E-state index is 0.273. The molecule has 0 aliphatic rings. The summed E-state index contributed by atoms with van der Waals surface area (Å²) in [6, 6.07) is 2.45. The maximum atomic E-state index is 12.8. The van der Waals surface area contributed by atoms with Gasteiger partial charge in [-0.15, -0.1) is 0 Å². The van der Waals surface area contributed by atoms with Gasteiger partial charge in [-0.05, 0) is 25.1 Å². The fourth-order valence-corrected chi connectivity index (χ4v) is 0.854. The molecule has 0 spiro atoms. The van der Waals surface area contributed by atoms with Gasteiger partial charge in [0.2, 0.25) is 11.9 Å². The molecule has 1 heterocycles. The van der Waals surface area contributed by atoms with Crippen LogP contribution in [-0.2, 0) is 0 Å². The molecule has 2 nitrogen and oxygen atoms in total. The van der Waals surface area contributed by atoms with Gasteiger partial charge < -0.3 is 5.73 Å². The van der Waals surface area contributed by atoms with Crippen LogP contribution in [0.1, 0.15) is 12.0 Å². The number of pyridine rings is 1. The van der Waals surface area contributed by atoms with Gasteiger partial charge in [-0.3, -0.25) is 0 Å². The van der Waals surface area contributed by atoms with E-state index < -0.39 is 11.9 Å². The summed E-state index contributed by atoms with van der Waals surface area (Å²) >= 11 is 0. The van der Waals surface area contributed by atoms with Crippen molar-refractivity contribution in [1.82, 2.24) is 4.98 Å². The van der Waals surface area contributed by atoms with E-state index in [0.29, 0.717) is 13.0 Å². The monoisotopic (exact) mass is 184 g/mol. The Hall–Kier alpha value is -1.29. The first-order valence-corrected chi connectivity index (χ1v) is 3.92. The Labute approximate surface area is 75.1 Å². The maximum Gasteiger partial charge on any atom is 0.222 e. The molecular formula is C9H10F2N2. The van der Waals surface area contributed by atoms with Crippen LogP contribution in [0, 0.1) is 11.9 Å². The molecule has 70 valence electrons. The normalized spacial score (nSPS) is 11.0. The van der Waals surface area contributed by atoms with Gasteiger partial charge in [0.15, 0.2) is 0 Å². The summed E-state index contributed by atoms with van der Waals surface area (Å²) in [6.07, 6.45) is 3.92. The van der Waals surface area contributed by atoms with Crippen molar-refractivity contribution in [2.45, 2.75) is 6.42 Å². The van der Waals surface area contributed by atoms with Crippen LogP contribution in [0.25, 0.3) is 6.08 Å². The summed E-state index contributed by atoms with van der Waals surface area (Å²) in [5.41, 5.74) is 5.51. The lowest BCUT2D eigenvalue weighted by Crippen LogP contribution is -1.95. The lowest BCUT2D eigenvalue weighted by molar-refractivity contribution is 0.511. The summed E-state index contributed by atoms with van der Waals surface area (Å²) in [5, 5.41) is 0. The largest absolute Gasteiger partial charge is 0.330 e. The molecule has 0 aromatic carbocycles. The second kappa shape index (κ2) is 4.67. The van der Waals surface area contributed by atoms with E-state index in [1.54, 1.807) is 6.08 Å². The molecule has 1 aromatic rings. The highest BCUT2D eigenvalue weighted by Gasteiger charge is 2.00. The Morgan fingerprint density at radius 3 is 2.77 bits per heavy atom. The van der Waals surface area contributed by atoms with Gasteiger partial charge >= 0.3 is 0 Å². The molecule has 0 radical (unpaired) electrons. The van der Waals surface area contributed by atoms with E-state index in [0.717, 1.165) is 6.07 Å². The fourth-order valence-electron chi connectivity index (χ4n) is 0.854. The number of halogens is 2. The van der Waals surface area contributed by atoms with Gasteiger partial charge in [-0.2, -0.15) is 13.8 Å². The van der Waals surface area contributed by atoms with Crippen molar-refractivity contribution in [3.63, 3.8) is 0 Å². The van der Waals surface area contributed by atoms with Crippen LogP contribution in [0.15, 0.2) is 18.2 Å². The van der Waals surface area contributed by atoms with Crippen LogP contribution in [0.4, 0.5) is 8.78 Å². The highest BCUT2D eigenvalue weighted by molar-refractivity contribution is 5.48. The standard InChI is InChI=1S/C9H10F2N2/c10-8-5-4-7(9(11)13-8)3-1-2-6-12/h1,3-5H,2,6,12H2. The zero-order valence-electron chi connectivity index (χ0n) is 7.00. The average Bonchev–Trinajstić information content (AvgIpc) is 2.09. The van der Waals surface area contributed by atoms with Crippen LogP contribution in [0.3, 0.4) is 0 Å².